The van der Waals surface area contributed by atoms with E-state index in [1.807, 2.05) is 50.2 Å². The summed E-state index contributed by atoms with van der Waals surface area (Å²) in [7, 11) is 1.64. The zero-order valence-corrected chi connectivity index (χ0v) is 18.0. The molecule has 0 radical (unpaired) electrons. The van der Waals surface area contributed by atoms with Crippen LogP contribution >= 0.6 is 11.6 Å². The number of fused-ring (bicyclic) bond motifs is 1. The lowest BCUT2D eigenvalue weighted by Gasteiger charge is -2.22. The van der Waals surface area contributed by atoms with Crippen molar-refractivity contribution in [3.8, 4) is 5.75 Å². The van der Waals surface area contributed by atoms with Gasteiger partial charge in [0.05, 0.1) is 17.7 Å². The first-order valence-corrected chi connectivity index (χ1v) is 10.2. The van der Waals surface area contributed by atoms with Gasteiger partial charge in [-0.25, -0.2) is 0 Å². The van der Waals surface area contributed by atoms with E-state index in [4.69, 9.17) is 16.3 Å². The highest BCUT2D eigenvalue weighted by Crippen LogP contribution is 2.22. The molecule has 0 unspecified atom stereocenters. The number of methoxy groups -OCH3 is 1. The molecule has 1 atom stereocenters. The smallest absolute Gasteiger partial charge is 0.253 e. The molecule has 0 aromatic heterocycles. The van der Waals surface area contributed by atoms with Crippen LogP contribution in [0.4, 0.5) is 0 Å². The summed E-state index contributed by atoms with van der Waals surface area (Å²) in [6.07, 6.45) is 0. The maximum Gasteiger partial charge on any atom is 0.253 e. The Bertz CT molecular complexity index is 1070. The predicted molar refractivity (Wildman–Crippen MR) is 120 cm³/mol. The molecule has 6 heteroatoms. The Morgan fingerprint density at radius 3 is 2.40 bits per heavy atom. The zero-order valence-electron chi connectivity index (χ0n) is 17.2. The van der Waals surface area contributed by atoms with Crippen LogP contribution in [0.2, 0.25) is 5.02 Å². The van der Waals surface area contributed by atoms with Crippen molar-refractivity contribution in [2.75, 3.05) is 7.11 Å². The normalized spacial score (nSPS) is 11.9. The topological polar surface area (TPSA) is 67.4 Å². The van der Waals surface area contributed by atoms with Crippen LogP contribution in [0.25, 0.3) is 10.8 Å². The van der Waals surface area contributed by atoms with Crippen LogP contribution in [0.3, 0.4) is 0 Å². The second-order valence-corrected chi connectivity index (χ2v) is 7.85. The number of hydrogen-bond acceptors (Lipinski definition) is 3. The first kappa shape index (κ1) is 21.7. The summed E-state index contributed by atoms with van der Waals surface area (Å²) in [4.78, 5) is 25.4. The fourth-order valence-electron chi connectivity index (χ4n) is 3.21. The summed E-state index contributed by atoms with van der Waals surface area (Å²) < 4.78 is 5.25. The van der Waals surface area contributed by atoms with E-state index >= 15 is 0 Å². The fourth-order valence-corrected chi connectivity index (χ4v) is 3.43. The van der Waals surface area contributed by atoms with Crippen LogP contribution in [0.5, 0.6) is 5.75 Å². The molecule has 0 saturated carbocycles. The Morgan fingerprint density at radius 2 is 1.70 bits per heavy atom. The maximum atomic E-state index is 12.8. The molecule has 0 aliphatic carbocycles. The molecule has 30 heavy (non-hydrogen) atoms. The van der Waals surface area contributed by atoms with E-state index in [0.717, 1.165) is 22.1 Å². The van der Waals surface area contributed by atoms with Crippen molar-refractivity contribution in [1.82, 2.24) is 10.6 Å². The van der Waals surface area contributed by atoms with Gasteiger partial charge in [-0.15, -0.1) is 0 Å². The number of benzene rings is 3. The standard InChI is InChI=1S/C24H25ClN2O3/c1-15(2)22(27-23(28)20-6-4-5-7-21(20)25)24(29)26-14-16-8-9-18-13-19(30-3)11-10-17(18)12-16/h4-13,15,22H,14H2,1-3H3,(H,26,29)(H,27,28)/t22-/m0/s1. The average molecular weight is 425 g/mol. The molecular formula is C24H25ClN2O3. The average Bonchev–Trinajstić information content (AvgIpc) is 2.75. The first-order chi connectivity index (χ1) is 14.4. The van der Waals surface area contributed by atoms with Crippen LogP contribution < -0.4 is 15.4 Å². The molecular weight excluding hydrogens is 400 g/mol. The van der Waals surface area contributed by atoms with Crippen LogP contribution in [0, 0.1) is 5.92 Å². The molecule has 0 bridgehead atoms. The van der Waals surface area contributed by atoms with E-state index in [0.29, 0.717) is 17.1 Å². The minimum Gasteiger partial charge on any atom is -0.497 e. The summed E-state index contributed by atoms with van der Waals surface area (Å²) in [6.45, 7) is 4.15. The van der Waals surface area contributed by atoms with E-state index in [-0.39, 0.29) is 17.7 Å². The summed E-state index contributed by atoms with van der Waals surface area (Å²) in [5.74, 6) is 0.118. The van der Waals surface area contributed by atoms with Crippen molar-refractivity contribution < 1.29 is 14.3 Å². The van der Waals surface area contributed by atoms with Crippen molar-refractivity contribution in [3.63, 3.8) is 0 Å². The molecule has 0 aliphatic rings. The maximum absolute atomic E-state index is 12.8. The van der Waals surface area contributed by atoms with Gasteiger partial charge in [-0.1, -0.05) is 55.8 Å². The number of hydrogen-bond donors (Lipinski definition) is 2. The summed E-state index contributed by atoms with van der Waals surface area (Å²) in [5, 5.41) is 8.21. The zero-order chi connectivity index (χ0) is 21.7. The summed E-state index contributed by atoms with van der Waals surface area (Å²) in [6, 6.07) is 18.0. The Hall–Kier alpha value is -3.05. The third kappa shape index (κ3) is 5.10. The van der Waals surface area contributed by atoms with Crippen molar-refractivity contribution in [3.05, 3.63) is 76.8 Å². The van der Waals surface area contributed by atoms with Crippen LogP contribution in [0.1, 0.15) is 29.8 Å². The minimum atomic E-state index is -0.668. The molecule has 3 aromatic rings. The van der Waals surface area contributed by atoms with Gasteiger partial charge in [-0.3, -0.25) is 9.59 Å². The van der Waals surface area contributed by atoms with E-state index in [9.17, 15) is 9.59 Å². The molecule has 3 rings (SSSR count). The third-order valence-corrected chi connectivity index (χ3v) is 5.26. The lowest BCUT2D eigenvalue weighted by atomic mass is 10.0. The largest absolute Gasteiger partial charge is 0.497 e. The second kappa shape index (κ2) is 9.63. The number of rotatable bonds is 7. The Balaban J connectivity index is 1.67. The Kier molecular flexibility index (Phi) is 6.95. The highest BCUT2D eigenvalue weighted by atomic mass is 35.5. The summed E-state index contributed by atoms with van der Waals surface area (Å²) in [5.41, 5.74) is 1.32. The lowest BCUT2D eigenvalue weighted by molar-refractivity contribution is -0.124. The van der Waals surface area contributed by atoms with Crippen molar-refractivity contribution in [1.29, 1.82) is 0 Å². The molecule has 0 spiro atoms. The van der Waals surface area contributed by atoms with Gasteiger partial charge in [-0.05, 0) is 52.6 Å². The van der Waals surface area contributed by atoms with E-state index < -0.39 is 6.04 Å². The SMILES string of the molecule is COc1ccc2cc(CNC(=O)[C@@H](NC(=O)c3ccccc3Cl)C(C)C)ccc2c1. The number of carbonyl (C=O) groups excluding carboxylic acids is 2. The number of nitrogens with one attached hydrogen (secondary N) is 2. The van der Waals surface area contributed by atoms with E-state index in [2.05, 4.69) is 10.6 Å². The van der Waals surface area contributed by atoms with E-state index in [1.54, 1.807) is 31.4 Å². The molecule has 2 N–H and O–H groups in total. The molecule has 3 aromatic carbocycles. The molecule has 156 valence electrons. The van der Waals surface area contributed by atoms with Crippen molar-refractivity contribution in [2.24, 2.45) is 5.92 Å². The van der Waals surface area contributed by atoms with Gasteiger partial charge in [0.1, 0.15) is 11.8 Å². The third-order valence-electron chi connectivity index (χ3n) is 4.93. The minimum absolute atomic E-state index is 0.0829. The highest BCUT2D eigenvalue weighted by molar-refractivity contribution is 6.33. The Morgan fingerprint density at radius 1 is 1.00 bits per heavy atom. The fraction of sp³-hybridized carbons (Fsp3) is 0.250. The van der Waals surface area contributed by atoms with Crippen molar-refractivity contribution >= 4 is 34.2 Å². The molecule has 0 heterocycles. The second-order valence-electron chi connectivity index (χ2n) is 7.44. The number of halogens is 1. The molecule has 0 fully saturated rings. The van der Waals surface area contributed by atoms with Crippen LogP contribution in [0.15, 0.2) is 60.7 Å². The molecule has 2 amide bonds. The summed E-state index contributed by atoms with van der Waals surface area (Å²) >= 11 is 6.10. The van der Waals surface area contributed by atoms with Gasteiger partial charge in [0, 0.05) is 6.54 Å². The van der Waals surface area contributed by atoms with Crippen LogP contribution in [-0.2, 0) is 11.3 Å². The number of amides is 2. The first-order valence-electron chi connectivity index (χ1n) is 9.79. The molecule has 0 aliphatic heterocycles. The number of carbonyl (C=O) groups is 2. The van der Waals surface area contributed by atoms with E-state index in [1.165, 1.54) is 0 Å². The van der Waals surface area contributed by atoms with Gasteiger partial charge in [0.25, 0.3) is 5.91 Å². The van der Waals surface area contributed by atoms with Gasteiger partial charge in [-0.2, -0.15) is 0 Å². The number of ether oxygens (including phenoxy) is 1. The van der Waals surface area contributed by atoms with Gasteiger partial charge in [0.2, 0.25) is 5.91 Å². The quantitative estimate of drug-likeness (QED) is 0.583. The van der Waals surface area contributed by atoms with Gasteiger partial charge >= 0.3 is 0 Å². The Labute approximate surface area is 181 Å². The molecule has 0 saturated heterocycles. The molecule has 5 nitrogen and oxygen atoms in total. The monoisotopic (exact) mass is 424 g/mol. The predicted octanol–water partition coefficient (Wildman–Crippen LogP) is 4.57. The van der Waals surface area contributed by atoms with Gasteiger partial charge < -0.3 is 15.4 Å². The van der Waals surface area contributed by atoms with Gasteiger partial charge in [0.15, 0.2) is 0 Å². The highest BCUT2D eigenvalue weighted by Gasteiger charge is 2.25. The van der Waals surface area contributed by atoms with Crippen LogP contribution in [-0.4, -0.2) is 25.0 Å². The van der Waals surface area contributed by atoms with Crippen molar-refractivity contribution in [2.45, 2.75) is 26.4 Å². The lowest BCUT2D eigenvalue weighted by Crippen LogP contribution is -2.49.